The van der Waals surface area contributed by atoms with Gasteiger partial charge in [0, 0.05) is 30.3 Å². The number of anilines is 1. The van der Waals surface area contributed by atoms with E-state index in [1.54, 1.807) is 7.05 Å². The van der Waals surface area contributed by atoms with Crippen molar-refractivity contribution < 1.29 is 10.2 Å². The van der Waals surface area contributed by atoms with Gasteiger partial charge in [-0.25, -0.2) is 9.97 Å². The third kappa shape index (κ3) is 2.63. The van der Waals surface area contributed by atoms with Crippen molar-refractivity contribution >= 4 is 21.9 Å². The number of aromatic nitrogens is 2. The van der Waals surface area contributed by atoms with Crippen LogP contribution in [0.4, 0.5) is 5.95 Å². The number of hydrogen-bond acceptors (Lipinski definition) is 5. The van der Waals surface area contributed by atoms with Crippen LogP contribution in [0, 0.1) is 0 Å². The first kappa shape index (κ1) is 11.4. The van der Waals surface area contributed by atoms with Crippen LogP contribution in [0.1, 0.15) is 11.7 Å². The Labute approximate surface area is 90.3 Å². The zero-order valence-electron chi connectivity index (χ0n) is 7.68. The fraction of sp³-hybridized carbons (Fsp3) is 0.500. The summed E-state index contributed by atoms with van der Waals surface area (Å²) in [7, 11) is 1.71. The van der Waals surface area contributed by atoms with Gasteiger partial charge in [0.25, 0.3) is 0 Å². The van der Waals surface area contributed by atoms with Crippen LogP contribution >= 0.6 is 15.9 Å². The van der Waals surface area contributed by atoms with Crippen molar-refractivity contribution in [1.82, 2.24) is 9.97 Å². The predicted molar refractivity (Wildman–Crippen MR) is 56.3 cm³/mol. The minimum absolute atomic E-state index is 0.307. The monoisotopic (exact) mass is 261 g/mol. The lowest BCUT2D eigenvalue weighted by Gasteiger charge is -2.14. The summed E-state index contributed by atoms with van der Waals surface area (Å²) in [6.45, 7) is 0. The van der Waals surface area contributed by atoms with Crippen LogP contribution in [-0.4, -0.2) is 38.7 Å². The molecule has 0 fully saturated rings. The molecule has 0 radical (unpaired) electrons. The van der Waals surface area contributed by atoms with E-state index in [1.807, 2.05) is 0 Å². The second-order valence-electron chi connectivity index (χ2n) is 2.76. The molecule has 78 valence electrons. The molecule has 0 aliphatic carbocycles. The van der Waals surface area contributed by atoms with E-state index in [1.165, 1.54) is 12.4 Å². The molecule has 5 nitrogen and oxygen atoms in total. The fourth-order valence-electron chi connectivity index (χ4n) is 0.926. The van der Waals surface area contributed by atoms with Gasteiger partial charge in [-0.05, 0) is 0 Å². The summed E-state index contributed by atoms with van der Waals surface area (Å²) in [5, 5.41) is 22.0. The second kappa shape index (κ2) is 5.23. The fourth-order valence-corrected chi connectivity index (χ4v) is 1.28. The van der Waals surface area contributed by atoms with Gasteiger partial charge in [-0.2, -0.15) is 0 Å². The first-order valence-corrected chi connectivity index (χ1v) is 5.23. The number of aliphatic hydroxyl groups excluding tert-OH is 2. The Morgan fingerprint density at radius 2 is 2.00 bits per heavy atom. The smallest absolute Gasteiger partial charge is 0.222 e. The van der Waals surface area contributed by atoms with E-state index in [-0.39, 0.29) is 0 Å². The third-order valence-electron chi connectivity index (χ3n) is 1.76. The van der Waals surface area contributed by atoms with Crippen LogP contribution in [0.3, 0.4) is 0 Å². The summed E-state index contributed by atoms with van der Waals surface area (Å²) in [5.74, 6) is 0.481. The van der Waals surface area contributed by atoms with Gasteiger partial charge in [-0.1, -0.05) is 15.9 Å². The first-order chi connectivity index (χ1) is 6.69. The van der Waals surface area contributed by atoms with Crippen LogP contribution < -0.4 is 5.32 Å². The number of alkyl halides is 1. The number of halogens is 1. The molecule has 0 bridgehead atoms. The van der Waals surface area contributed by atoms with Gasteiger partial charge in [0.15, 0.2) is 0 Å². The number of hydrogen-bond donors (Lipinski definition) is 3. The van der Waals surface area contributed by atoms with E-state index >= 15 is 0 Å². The van der Waals surface area contributed by atoms with Crippen LogP contribution in [0.15, 0.2) is 12.4 Å². The average Bonchev–Trinajstić information content (AvgIpc) is 2.27. The van der Waals surface area contributed by atoms with Crippen molar-refractivity contribution in [1.29, 1.82) is 0 Å². The molecular weight excluding hydrogens is 250 g/mol. The van der Waals surface area contributed by atoms with E-state index in [4.69, 9.17) is 0 Å². The molecule has 0 aliphatic heterocycles. The number of nitrogens with one attached hydrogen (secondary N) is 1. The second-order valence-corrected chi connectivity index (χ2v) is 3.40. The highest BCUT2D eigenvalue weighted by Crippen LogP contribution is 2.16. The minimum atomic E-state index is -0.958. The molecule has 1 aromatic heterocycles. The molecule has 2 atom stereocenters. The quantitative estimate of drug-likeness (QED) is 0.680. The molecular formula is C8H12BrN3O2. The summed E-state index contributed by atoms with van der Waals surface area (Å²) < 4.78 is 0. The molecule has 0 aromatic carbocycles. The van der Waals surface area contributed by atoms with Gasteiger partial charge >= 0.3 is 0 Å². The Bertz CT molecular complexity index is 280. The largest absolute Gasteiger partial charge is 0.389 e. The minimum Gasteiger partial charge on any atom is -0.389 e. The van der Waals surface area contributed by atoms with Crippen molar-refractivity contribution in [2.45, 2.75) is 12.2 Å². The van der Waals surface area contributed by atoms with Gasteiger partial charge in [0.05, 0.1) is 6.10 Å². The highest BCUT2D eigenvalue weighted by atomic mass is 79.9. The molecule has 2 unspecified atom stereocenters. The number of rotatable bonds is 4. The lowest BCUT2D eigenvalue weighted by molar-refractivity contribution is 0.0338. The maximum absolute atomic E-state index is 9.57. The van der Waals surface area contributed by atoms with E-state index < -0.39 is 12.2 Å². The van der Waals surface area contributed by atoms with Crippen LogP contribution in [0.5, 0.6) is 0 Å². The summed E-state index contributed by atoms with van der Waals surface area (Å²) in [6, 6.07) is 0. The SMILES string of the molecule is CNc1ncc(C(O)C(O)CBr)cn1. The van der Waals surface area contributed by atoms with Crippen molar-refractivity contribution in [2.75, 3.05) is 17.7 Å². The van der Waals surface area contributed by atoms with Gasteiger partial charge in [-0.3, -0.25) is 0 Å². The van der Waals surface area contributed by atoms with Crippen molar-refractivity contribution in [2.24, 2.45) is 0 Å². The van der Waals surface area contributed by atoms with Gasteiger partial charge in [0.1, 0.15) is 6.10 Å². The van der Waals surface area contributed by atoms with Crippen molar-refractivity contribution in [3.8, 4) is 0 Å². The van der Waals surface area contributed by atoms with Crippen LogP contribution in [0.2, 0.25) is 0 Å². The highest BCUT2D eigenvalue weighted by Gasteiger charge is 2.17. The Balaban J connectivity index is 2.75. The Hall–Kier alpha value is -0.720. The first-order valence-electron chi connectivity index (χ1n) is 4.10. The molecule has 0 saturated heterocycles. The molecule has 0 saturated carbocycles. The number of aliphatic hydroxyl groups is 2. The van der Waals surface area contributed by atoms with E-state index in [0.717, 1.165) is 0 Å². The Morgan fingerprint density at radius 3 is 2.43 bits per heavy atom. The van der Waals surface area contributed by atoms with Crippen molar-refractivity contribution in [3.63, 3.8) is 0 Å². The highest BCUT2D eigenvalue weighted by molar-refractivity contribution is 9.09. The van der Waals surface area contributed by atoms with Gasteiger partial charge in [0.2, 0.25) is 5.95 Å². The normalized spacial score (nSPS) is 14.9. The lowest BCUT2D eigenvalue weighted by atomic mass is 10.1. The maximum atomic E-state index is 9.57. The summed E-state index contributed by atoms with van der Waals surface area (Å²) in [4.78, 5) is 7.85. The molecule has 0 spiro atoms. The van der Waals surface area contributed by atoms with Crippen LogP contribution in [0.25, 0.3) is 0 Å². The summed E-state index contributed by atoms with van der Waals surface area (Å²) in [6.07, 6.45) is 1.16. The molecule has 1 heterocycles. The zero-order valence-corrected chi connectivity index (χ0v) is 9.27. The Kier molecular flexibility index (Phi) is 4.24. The van der Waals surface area contributed by atoms with E-state index in [2.05, 4.69) is 31.2 Å². The Morgan fingerprint density at radius 1 is 1.43 bits per heavy atom. The summed E-state index contributed by atoms with van der Waals surface area (Å²) in [5.41, 5.74) is 0.496. The number of nitrogens with zero attached hydrogens (tertiary/aromatic N) is 2. The van der Waals surface area contributed by atoms with Crippen LogP contribution in [-0.2, 0) is 0 Å². The zero-order chi connectivity index (χ0) is 10.6. The van der Waals surface area contributed by atoms with Gasteiger partial charge in [-0.15, -0.1) is 0 Å². The molecule has 14 heavy (non-hydrogen) atoms. The topological polar surface area (TPSA) is 78.3 Å². The maximum Gasteiger partial charge on any atom is 0.222 e. The molecule has 0 amide bonds. The van der Waals surface area contributed by atoms with Crippen molar-refractivity contribution in [3.05, 3.63) is 18.0 Å². The standard InChI is InChI=1S/C8H12BrN3O2/c1-10-8-11-3-5(4-12-8)7(14)6(13)2-9/h3-4,6-7,13-14H,2H2,1H3,(H,10,11,12). The van der Waals surface area contributed by atoms with Gasteiger partial charge < -0.3 is 15.5 Å². The molecule has 0 aliphatic rings. The molecule has 1 rings (SSSR count). The summed E-state index contributed by atoms with van der Waals surface area (Å²) >= 11 is 3.08. The average molecular weight is 262 g/mol. The molecule has 6 heteroatoms. The van der Waals surface area contributed by atoms with E-state index in [9.17, 15) is 10.2 Å². The van der Waals surface area contributed by atoms with E-state index in [0.29, 0.717) is 16.8 Å². The molecule has 3 N–H and O–H groups in total. The third-order valence-corrected chi connectivity index (χ3v) is 2.42. The lowest BCUT2D eigenvalue weighted by Crippen LogP contribution is -2.19. The predicted octanol–water partition coefficient (Wildman–Crippen LogP) is 0.308. The molecule has 1 aromatic rings.